The van der Waals surface area contributed by atoms with Gasteiger partial charge in [0.05, 0.1) is 22.8 Å². The molecule has 0 fully saturated rings. The Balaban J connectivity index is 1.72. The van der Waals surface area contributed by atoms with Crippen molar-refractivity contribution in [1.29, 1.82) is 0 Å². The third-order valence-corrected chi connectivity index (χ3v) is 3.51. The number of H-pyrrole nitrogens is 2. The van der Waals surface area contributed by atoms with E-state index in [1.54, 1.807) is 37.3 Å². The minimum Gasteiger partial charge on any atom is -0.331 e. The third kappa shape index (κ3) is 3.23. The lowest BCUT2D eigenvalue weighted by atomic mass is 10.1. The molecule has 0 aliphatic rings. The van der Waals surface area contributed by atoms with E-state index in [0.29, 0.717) is 11.0 Å². The fourth-order valence-corrected chi connectivity index (χ4v) is 2.32. The van der Waals surface area contributed by atoms with E-state index in [1.165, 1.54) is 12.1 Å². The normalized spacial score (nSPS) is 12.1. The predicted molar refractivity (Wildman–Crippen MR) is 85.9 cm³/mol. The molecule has 118 valence electrons. The number of aromatic amines is 2. The van der Waals surface area contributed by atoms with Crippen molar-refractivity contribution in [3.8, 4) is 0 Å². The summed E-state index contributed by atoms with van der Waals surface area (Å²) >= 11 is 0. The lowest BCUT2D eigenvalue weighted by molar-refractivity contribution is 0.249. The van der Waals surface area contributed by atoms with Gasteiger partial charge in [0.2, 0.25) is 0 Å². The highest BCUT2D eigenvalue weighted by Gasteiger charge is 2.12. The minimum absolute atomic E-state index is 0.114. The summed E-state index contributed by atoms with van der Waals surface area (Å²) in [5.74, 6) is -0.498. The molecule has 1 atom stereocenters. The Hall–Kier alpha value is -3.09. The molecule has 0 saturated heterocycles. The zero-order chi connectivity index (χ0) is 16.4. The van der Waals surface area contributed by atoms with Crippen LogP contribution < -0.4 is 16.3 Å². The maximum absolute atomic E-state index is 13.5. The van der Waals surface area contributed by atoms with Gasteiger partial charge in [-0.1, -0.05) is 18.2 Å². The number of anilines is 1. The average molecular weight is 314 g/mol. The molecule has 0 unspecified atom stereocenters. The first-order chi connectivity index (χ1) is 11.0. The van der Waals surface area contributed by atoms with Crippen LogP contribution >= 0.6 is 0 Å². The Morgan fingerprint density at radius 1 is 1.13 bits per heavy atom. The quantitative estimate of drug-likeness (QED) is 0.599. The zero-order valence-corrected chi connectivity index (χ0v) is 12.3. The molecular formula is C16H15FN4O2. The van der Waals surface area contributed by atoms with Crippen LogP contribution in [0.1, 0.15) is 18.5 Å². The molecule has 0 spiro atoms. The Bertz CT molecular complexity index is 916. The molecule has 3 rings (SSSR count). The van der Waals surface area contributed by atoms with Gasteiger partial charge in [-0.05, 0) is 36.8 Å². The van der Waals surface area contributed by atoms with Gasteiger partial charge in [-0.3, -0.25) is 0 Å². The fourth-order valence-electron chi connectivity index (χ4n) is 2.32. The Morgan fingerprint density at radius 2 is 1.87 bits per heavy atom. The van der Waals surface area contributed by atoms with E-state index >= 15 is 0 Å². The Morgan fingerprint density at radius 3 is 2.65 bits per heavy atom. The fraction of sp³-hybridized carbons (Fsp3) is 0.125. The topological polar surface area (TPSA) is 89.8 Å². The van der Waals surface area contributed by atoms with Gasteiger partial charge in [-0.25, -0.2) is 14.0 Å². The molecule has 0 saturated carbocycles. The second-order valence-corrected chi connectivity index (χ2v) is 5.18. The van der Waals surface area contributed by atoms with Crippen molar-refractivity contribution in [3.05, 3.63) is 64.3 Å². The van der Waals surface area contributed by atoms with Crippen LogP contribution in [0.5, 0.6) is 0 Å². The largest absolute Gasteiger partial charge is 0.331 e. The number of amides is 2. The first-order valence-electron chi connectivity index (χ1n) is 7.07. The van der Waals surface area contributed by atoms with Crippen LogP contribution in [-0.4, -0.2) is 16.0 Å². The molecule has 7 heteroatoms. The van der Waals surface area contributed by atoms with Gasteiger partial charge in [0.1, 0.15) is 5.82 Å². The lowest BCUT2D eigenvalue weighted by Crippen LogP contribution is -2.31. The van der Waals surface area contributed by atoms with Crippen LogP contribution in [-0.2, 0) is 0 Å². The Labute approximate surface area is 130 Å². The highest BCUT2D eigenvalue weighted by Crippen LogP contribution is 2.18. The van der Waals surface area contributed by atoms with Crippen LogP contribution in [0.2, 0.25) is 0 Å². The zero-order valence-electron chi connectivity index (χ0n) is 12.3. The Kier molecular flexibility index (Phi) is 3.84. The summed E-state index contributed by atoms with van der Waals surface area (Å²) in [4.78, 5) is 28.5. The van der Waals surface area contributed by atoms with Gasteiger partial charge in [0, 0.05) is 0 Å². The number of imidazole rings is 1. The van der Waals surface area contributed by atoms with E-state index < -0.39 is 11.8 Å². The molecule has 1 aromatic heterocycles. The molecule has 6 nitrogen and oxygen atoms in total. The number of rotatable bonds is 3. The van der Waals surface area contributed by atoms with Gasteiger partial charge in [0.25, 0.3) is 0 Å². The number of fused-ring (bicyclic) bond motifs is 1. The molecular weight excluding hydrogens is 299 g/mol. The standard InChI is InChI=1S/C16H15FN4O2/c1-9(10-6-7-13-14(8-10)21-16(23)20-13)18-15(22)19-12-5-3-2-4-11(12)17/h2-9H,1H3,(H2,18,19,22)(H2,20,21,23)/t9-/m1/s1. The van der Waals surface area contributed by atoms with Gasteiger partial charge < -0.3 is 20.6 Å². The van der Waals surface area contributed by atoms with Gasteiger partial charge in [-0.2, -0.15) is 0 Å². The highest BCUT2D eigenvalue weighted by molar-refractivity contribution is 5.89. The molecule has 2 aromatic carbocycles. The summed E-state index contributed by atoms with van der Waals surface area (Å²) in [5.41, 5.74) is 2.01. The molecule has 1 heterocycles. The molecule has 0 bridgehead atoms. The summed E-state index contributed by atoms with van der Waals surface area (Å²) in [6, 6.07) is 10.5. The monoisotopic (exact) mass is 314 g/mol. The number of benzene rings is 2. The van der Waals surface area contributed by atoms with Crippen molar-refractivity contribution in [2.75, 3.05) is 5.32 Å². The van der Waals surface area contributed by atoms with Crippen LogP contribution in [0.15, 0.2) is 47.3 Å². The first-order valence-corrected chi connectivity index (χ1v) is 7.07. The van der Waals surface area contributed by atoms with Crippen LogP contribution in [0.25, 0.3) is 11.0 Å². The molecule has 2 amide bonds. The molecule has 23 heavy (non-hydrogen) atoms. The van der Waals surface area contributed by atoms with E-state index in [0.717, 1.165) is 5.56 Å². The van der Waals surface area contributed by atoms with Crippen LogP contribution in [0.3, 0.4) is 0 Å². The van der Waals surface area contributed by atoms with Gasteiger partial charge in [0.15, 0.2) is 0 Å². The van der Waals surface area contributed by atoms with Gasteiger partial charge in [-0.15, -0.1) is 0 Å². The molecule has 4 N–H and O–H groups in total. The van der Waals surface area contributed by atoms with Crippen molar-refractivity contribution >= 4 is 22.8 Å². The highest BCUT2D eigenvalue weighted by atomic mass is 19.1. The van der Waals surface area contributed by atoms with Crippen LogP contribution in [0.4, 0.5) is 14.9 Å². The number of hydrogen-bond donors (Lipinski definition) is 4. The van der Waals surface area contributed by atoms with Crippen molar-refractivity contribution < 1.29 is 9.18 Å². The summed E-state index contributed by atoms with van der Waals surface area (Å²) in [6.45, 7) is 1.80. The number of nitrogens with one attached hydrogen (secondary N) is 4. The number of aromatic nitrogens is 2. The third-order valence-electron chi connectivity index (χ3n) is 3.51. The number of carbonyl (C=O) groups excluding carboxylic acids is 1. The maximum Gasteiger partial charge on any atom is 0.323 e. The van der Waals surface area contributed by atoms with E-state index in [1.807, 2.05) is 0 Å². The van der Waals surface area contributed by atoms with Crippen molar-refractivity contribution in [3.63, 3.8) is 0 Å². The van der Waals surface area contributed by atoms with E-state index in [2.05, 4.69) is 20.6 Å². The SMILES string of the molecule is C[C@@H](NC(=O)Nc1ccccc1F)c1ccc2[nH]c(=O)[nH]c2c1. The molecule has 0 radical (unpaired) electrons. The van der Waals surface area contributed by atoms with Gasteiger partial charge >= 0.3 is 11.7 Å². The van der Waals surface area contributed by atoms with E-state index in [4.69, 9.17) is 0 Å². The molecule has 3 aromatic rings. The van der Waals surface area contributed by atoms with E-state index in [9.17, 15) is 14.0 Å². The summed E-state index contributed by atoms with van der Waals surface area (Å²) in [5, 5.41) is 5.19. The predicted octanol–water partition coefficient (Wildman–Crippen LogP) is 2.88. The smallest absolute Gasteiger partial charge is 0.323 e. The van der Waals surface area contributed by atoms with Crippen molar-refractivity contribution in [2.24, 2.45) is 0 Å². The van der Waals surface area contributed by atoms with E-state index in [-0.39, 0.29) is 17.4 Å². The second kappa shape index (κ2) is 5.96. The molecule has 0 aliphatic heterocycles. The molecule has 0 aliphatic carbocycles. The minimum atomic E-state index is -0.509. The number of halogens is 1. The lowest BCUT2D eigenvalue weighted by Gasteiger charge is -2.15. The summed E-state index contributed by atoms with van der Waals surface area (Å²) in [7, 11) is 0. The number of para-hydroxylation sites is 1. The average Bonchev–Trinajstić information content (AvgIpc) is 2.88. The summed E-state index contributed by atoms with van der Waals surface area (Å²) in [6.07, 6.45) is 0. The number of hydrogen-bond acceptors (Lipinski definition) is 2. The van der Waals surface area contributed by atoms with Crippen LogP contribution in [0, 0.1) is 5.82 Å². The maximum atomic E-state index is 13.5. The number of urea groups is 1. The van der Waals surface area contributed by atoms with Crippen molar-refractivity contribution in [2.45, 2.75) is 13.0 Å². The summed E-state index contributed by atoms with van der Waals surface area (Å²) < 4.78 is 13.5. The number of carbonyl (C=O) groups is 1. The van der Waals surface area contributed by atoms with Crippen molar-refractivity contribution in [1.82, 2.24) is 15.3 Å². The first kappa shape index (κ1) is 14.8. The second-order valence-electron chi connectivity index (χ2n) is 5.18.